The van der Waals surface area contributed by atoms with E-state index in [1.165, 1.54) is 32.4 Å². The Labute approximate surface area is 127 Å². The molecule has 0 spiro atoms. The van der Waals surface area contributed by atoms with Gasteiger partial charge >= 0.3 is 0 Å². The smallest absolute Gasteiger partial charge is 0.203 e. The lowest BCUT2D eigenvalue weighted by Gasteiger charge is -2.23. The summed E-state index contributed by atoms with van der Waals surface area (Å²) < 4.78 is 7.78. The fraction of sp³-hybridized carbons (Fsp3) is 0.812. The third-order valence-electron chi connectivity index (χ3n) is 4.73. The maximum Gasteiger partial charge on any atom is 0.203 e. The average Bonchev–Trinajstić information content (AvgIpc) is 3.13. The first-order chi connectivity index (χ1) is 10.3. The molecule has 21 heavy (non-hydrogen) atoms. The minimum absolute atomic E-state index is 0.600. The zero-order chi connectivity index (χ0) is 14.7. The molecule has 5 heteroatoms. The number of fused-ring (bicyclic) bond motifs is 1. The SMILES string of the molecule is CCOCCCNc1nc(C)cn1C1CCN2CCCC12. The standard InChI is InChI=1S/C16H28N4O/c1-3-21-11-5-8-17-16-18-13(2)12-20(16)15-7-10-19-9-4-6-14(15)19/h12,14-15H,3-11H2,1-2H3,(H,17,18). The number of aryl methyl sites for hydroxylation is 1. The maximum atomic E-state index is 5.39. The molecule has 2 unspecified atom stereocenters. The van der Waals surface area contributed by atoms with Gasteiger partial charge < -0.3 is 14.6 Å². The molecule has 2 atom stereocenters. The lowest BCUT2D eigenvalue weighted by atomic mass is 10.1. The summed E-state index contributed by atoms with van der Waals surface area (Å²) in [5.74, 6) is 1.04. The van der Waals surface area contributed by atoms with Gasteiger partial charge in [-0.15, -0.1) is 0 Å². The quantitative estimate of drug-likeness (QED) is 0.784. The van der Waals surface area contributed by atoms with Gasteiger partial charge in [-0.05, 0) is 46.1 Å². The van der Waals surface area contributed by atoms with Gasteiger partial charge in [-0.2, -0.15) is 0 Å². The summed E-state index contributed by atoms with van der Waals surface area (Å²) >= 11 is 0. The monoisotopic (exact) mass is 292 g/mol. The number of hydrogen-bond donors (Lipinski definition) is 1. The summed E-state index contributed by atoms with van der Waals surface area (Å²) in [6, 6.07) is 1.32. The van der Waals surface area contributed by atoms with Gasteiger partial charge in [0.1, 0.15) is 0 Å². The molecule has 2 saturated heterocycles. The number of anilines is 1. The lowest BCUT2D eigenvalue weighted by Crippen LogP contribution is -2.28. The summed E-state index contributed by atoms with van der Waals surface area (Å²) in [6.07, 6.45) is 7.20. The number of rotatable bonds is 7. The van der Waals surface area contributed by atoms with Crippen LogP contribution in [0.5, 0.6) is 0 Å². The molecule has 0 radical (unpaired) electrons. The third-order valence-corrected chi connectivity index (χ3v) is 4.73. The molecule has 1 N–H and O–H groups in total. The molecule has 2 aliphatic heterocycles. The molecular weight excluding hydrogens is 264 g/mol. The average molecular weight is 292 g/mol. The number of nitrogens with zero attached hydrogens (tertiary/aromatic N) is 3. The maximum absolute atomic E-state index is 5.39. The Balaban J connectivity index is 1.62. The number of hydrogen-bond acceptors (Lipinski definition) is 4. The van der Waals surface area contributed by atoms with E-state index in [9.17, 15) is 0 Å². The van der Waals surface area contributed by atoms with E-state index in [1.807, 2.05) is 6.92 Å². The van der Waals surface area contributed by atoms with Crippen molar-refractivity contribution in [3.05, 3.63) is 11.9 Å². The molecule has 3 heterocycles. The highest BCUT2D eigenvalue weighted by molar-refractivity contribution is 5.30. The number of imidazole rings is 1. The van der Waals surface area contributed by atoms with Gasteiger partial charge in [0.25, 0.3) is 0 Å². The van der Waals surface area contributed by atoms with Crippen molar-refractivity contribution in [2.45, 2.75) is 51.6 Å². The molecule has 2 aliphatic rings. The van der Waals surface area contributed by atoms with E-state index in [1.54, 1.807) is 0 Å². The van der Waals surface area contributed by atoms with E-state index in [4.69, 9.17) is 4.74 Å². The Morgan fingerprint density at radius 2 is 2.24 bits per heavy atom. The molecule has 5 nitrogen and oxygen atoms in total. The van der Waals surface area contributed by atoms with E-state index in [-0.39, 0.29) is 0 Å². The van der Waals surface area contributed by atoms with Crippen molar-refractivity contribution in [1.82, 2.24) is 14.5 Å². The molecule has 0 saturated carbocycles. The molecule has 2 fully saturated rings. The van der Waals surface area contributed by atoms with E-state index < -0.39 is 0 Å². The second-order valence-electron chi connectivity index (χ2n) is 6.19. The number of nitrogens with one attached hydrogen (secondary N) is 1. The van der Waals surface area contributed by atoms with E-state index in [0.717, 1.165) is 43.9 Å². The zero-order valence-corrected chi connectivity index (χ0v) is 13.3. The Hall–Kier alpha value is -1.07. The van der Waals surface area contributed by atoms with Crippen LogP contribution in [0.25, 0.3) is 0 Å². The molecule has 1 aromatic rings. The van der Waals surface area contributed by atoms with Gasteiger partial charge in [0, 0.05) is 38.5 Å². The Bertz CT molecular complexity index is 459. The van der Waals surface area contributed by atoms with E-state index in [2.05, 4.69) is 32.9 Å². The van der Waals surface area contributed by atoms with Crippen molar-refractivity contribution in [3.8, 4) is 0 Å². The van der Waals surface area contributed by atoms with Crippen molar-refractivity contribution in [1.29, 1.82) is 0 Å². The normalized spacial score (nSPS) is 25.4. The summed E-state index contributed by atoms with van der Waals surface area (Å²) in [7, 11) is 0. The summed E-state index contributed by atoms with van der Waals surface area (Å²) in [4.78, 5) is 7.33. The van der Waals surface area contributed by atoms with Crippen LogP contribution in [-0.2, 0) is 4.74 Å². The van der Waals surface area contributed by atoms with Crippen molar-refractivity contribution in [3.63, 3.8) is 0 Å². The zero-order valence-electron chi connectivity index (χ0n) is 13.3. The Kier molecular flexibility index (Phi) is 4.80. The van der Waals surface area contributed by atoms with Crippen LogP contribution in [0, 0.1) is 6.92 Å². The summed E-state index contributed by atoms with van der Waals surface area (Å²) in [5, 5.41) is 3.50. The van der Waals surface area contributed by atoms with Crippen LogP contribution in [-0.4, -0.2) is 53.3 Å². The van der Waals surface area contributed by atoms with Crippen LogP contribution in [0.2, 0.25) is 0 Å². The van der Waals surface area contributed by atoms with Crippen molar-refractivity contribution in [2.75, 3.05) is 38.2 Å². The minimum Gasteiger partial charge on any atom is -0.382 e. The van der Waals surface area contributed by atoms with Crippen LogP contribution in [0.1, 0.15) is 44.3 Å². The highest BCUT2D eigenvalue weighted by Gasteiger charge is 2.38. The van der Waals surface area contributed by atoms with Gasteiger partial charge in [-0.1, -0.05) is 0 Å². The van der Waals surface area contributed by atoms with E-state index in [0.29, 0.717) is 6.04 Å². The van der Waals surface area contributed by atoms with Gasteiger partial charge in [0.05, 0.1) is 11.7 Å². The second kappa shape index (κ2) is 6.79. The number of aromatic nitrogens is 2. The molecular formula is C16H28N4O. The molecule has 118 valence electrons. The summed E-state index contributed by atoms with van der Waals surface area (Å²) in [6.45, 7) is 9.20. The van der Waals surface area contributed by atoms with Crippen molar-refractivity contribution >= 4 is 5.95 Å². The fourth-order valence-corrected chi connectivity index (χ4v) is 3.80. The van der Waals surface area contributed by atoms with Crippen LogP contribution < -0.4 is 5.32 Å². The van der Waals surface area contributed by atoms with E-state index >= 15 is 0 Å². The third kappa shape index (κ3) is 3.24. The highest BCUT2D eigenvalue weighted by Crippen LogP contribution is 2.37. The molecule has 0 aromatic carbocycles. The highest BCUT2D eigenvalue weighted by atomic mass is 16.5. The molecule has 0 amide bonds. The van der Waals surface area contributed by atoms with Crippen molar-refractivity contribution in [2.24, 2.45) is 0 Å². The fourth-order valence-electron chi connectivity index (χ4n) is 3.80. The van der Waals surface area contributed by atoms with Crippen LogP contribution >= 0.6 is 0 Å². The summed E-state index contributed by atoms with van der Waals surface area (Å²) in [5.41, 5.74) is 1.11. The largest absolute Gasteiger partial charge is 0.382 e. The predicted octanol–water partition coefficient (Wildman–Crippen LogP) is 2.44. The Morgan fingerprint density at radius 3 is 3.10 bits per heavy atom. The van der Waals surface area contributed by atoms with Crippen LogP contribution in [0.15, 0.2) is 6.20 Å². The van der Waals surface area contributed by atoms with Gasteiger partial charge in [0.2, 0.25) is 5.95 Å². The first kappa shape index (κ1) is 14.9. The van der Waals surface area contributed by atoms with Crippen molar-refractivity contribution < 1.29 is 4.74 Å². The first-order valence-electron chi connectivity index (χ1n) is 8.40. The van der Waals surface area contributed by atoms with Crippen LogP contribution in [0.3, 0.4) is 0 Å². The lowest BCUT2D eigenvalue weighted by molar-refractivity contribution is 0.147. The molecule has 3 rings (SSSR count). The van der Waals surface area contributed by atoms with Gasteiger partial charge in [0.15, 0.2) is 0 Å². The van der Waals surface area contributed by atoms with Crippen LogP contribution in [0.4, 0.5) is 5.95 Å². The van der Waals surface area contributed by atoms with Gasteiger partial charge in [-0.25, -0.2) is 4.98 Å². The number of ether oxygens (including phenoxy) is 1. The molecule has 1 aromatic heterocycles. The minimum atomic E-state index is 0.600. The second-order valence-corrected chi connectivity index (χ2v) is 6.19. The molecule has 0 bridgehead atoms. The topological polar surface area (TPSA) is 42.3 Å². The first-order valence-corrected chi connectivity index (χ1v) is 8.40. The Morgan fingerprint density at radius 1 is 1.33 bits per heavy atom. The predicted molar refractivity (Wildman–Crippen MR) is 84.8 cm³/mol. The molecule has 0 aliphatic carbocycles. The van der Waals surface area contributed by atoms with Gasteiger partial charge in [-0.3, -0.25) is 4.90 Å².